The van der Waals surface area contributed by atoms with E-state index in [1.165, 1.54) is 0 Å². The van der Waals surface area contributed by atoms with Gasteiger partial charge < -0.3 is 15.2 Å². The Hall–Kier alpha value is -2.79. The third-order valence-electron chi connectivity index (χ3n) is 5.62. The number of aromatic amines is 1. The van der Waals surface area contributed by atoms with Crippen LogP contribution in [0.4, 0.5) is 5.69 Å². The van der Waals surface area contributed by atoms with Gasteiger partial charge in [0.2, 0.25) is 11.8 Å². The fourth-order valence-corrected chi connectivity index (χ4v) is 4.13. The molecule has 1 aromatic heterocycles. The predicted octanol–water partition coefficient (Wildman–Crippen LogP) is 4.41. The number of rotatable bonds is 6. The second-order valence-electron chi connectivity index (χ2n) is 7.49. The van der Waals surface area contributed by atoms with Gasteiger partial charge in [-0.3, -0.25) is 9.59 Å². The van der Waals surface area contributed by atoms with Gasteiger partial charge in [-0.05, 0) is 48.2 Å². The van der Waals surface area contributed by atoms with Gasteiger partial charge in [-0.15, -0.1) is 0 Å². The zero-order valence-corrected chi connectivity index (χ0v) is 17.1. The van der Waals surface area contributed by atoms with Crippen molar-refractivity contribution in [3.8, 4) is 0 Å². The molecule has 2 aromatic carbocycles. The monoisotopic (exact) mass is 409 g/mol. The molecule has 4 rings (SSSR count). The minimum Gasteiger partial charge on any atom is -0.361 e. The summed E-state index contributed by atoms with van der Waals surface area (Å²) in [5.41, 5.74) is 4.09. The molecule has 3 aromatic rings. The lowest BCUT2D eigenvalue weighted by atomic mass is 10.1. The van der Waals surface area contributed by atoms with Gasteiger partial charge in [0.05, 0.1) is 5.92 Å². The van der Waals surface area contributed by atoms with E-state index in [9.17, 15) is 9.59 Å². The quantitative estimate of drug-likeness (QED) is 0.633. The molecule has 0 saturated carbocycles. The highest BCUT2D eigenvalue weighted by atomic mass is 35.5. The molecule has 1 atom stereocenters. The number of benzene rings is 2. The van der Waals surface area contributed by atoms with E-state index in [1.807, 2.05) is 48.7 Å². The Bertz CT molecular complexity index is 1060. The third-order valence-corrected chi connectivity index (χ3v) is 5.86. The Morgan fingerprint density at radius 2 is 2.07 bits per heavy atom. The number of anilines is 1. The van der Waals surface area contributed by atoms with Crippen molar-refractivity contribution in [1.29, 1.82) is 0 Å². The zero-order chi connectivity index (χ0) is 20.4. The van der Waals surface area contributed by atoms with Crippen LogP contribution < -0.4 is 5.32 Å². The number of likely N-dealkylation sites (tertiary alicyclic amines) is 1. The van der Waals surface area contributed by atoms with Crippen molar-refractivity contribution < 1.29 is 9.59 Å². The van der Waals surface area contributed by atoms with Gasteiger partial charge in [-0.2, -0.15) is 0 Å². The molecular formula is C23H24ClN3O2. The minimum absolute atomic E-state index is 0.0341. The molecule has 1 aliphatic rings. The van der Waals surface area contributed by atoms with Crippen molar-refractivity contribution in [2.45, 2.75) is 26.2 Å². The maximum atomic E-state index is 12.7. The summed E-state index contributed by atoms with van der Waals surface area (Å²) in [5.74, 6) is -0.364. The predicted molar refractivity (Wildman–Crippen MR) is 116 cm³/mol. The number of hydrogen-bond donors (Lipinski definition) is 2. The van der Waals surface area contributed by atoms with Crippen LogP contribution in [-0.4, -0.2) is 34.8 Å². The minimum atomic E-state index is -0.315. The van der Waals surface area contributed by atoms with Gasteiger partial charge in [0.15, 0.2) is 0 Å². The van der Waals surface area contributed by atoms with E-state index < -0.39 is 0 Å². The zero-order valence-electron chi connectivity index (χ0n) is 16.4. The number of carbonyl (C=O) groups excluding carboxylic acids is 2. The molecule has 0 aliphatic carbocycles. The van der Waals surface area contributed by atoms with Gasteiger partial charge in [0.1, 0.15) is 0 Å². The molecule has 1 fully saturated rings. The number of fused-ring (bicyclic) bond motifs is 1. The van der Waals surface area contributed by atoms with E-state index in [0.717, 1.165) is 40.6 Å². The highest BCUT2D eigenvalue weighted by Gasteiger charge is 2.34. The summed E-state index contributed by atoms with van der Waals surface area (Å²) in [6.45, 7) is 3.11. The molecule has 1 aliphatic heterocycles. The summed E-state index contributed by atoms with van der Waals surface area (Å²) in [7, 11) is 0. The molecule has 6 heteroatoms. The molecule has 150 valence electrons. The number of nitrogens with one attached hydrogen (secondary N) is 2. The largest absolute Gasteiger partial charge is 0.361 e. The Morgan fingerprint density at radius 1 is 1.24 bits per heavy atom. The highest BCUT2D eigenvalue weighted by Crippen LogP contribution is 2.25. The fraction of sp³-hybridized carbons (Fsp3) is 0.304. The molecule has 2 N–H and O–H groups in total. The molecule has 2 amide bonds. The second-order valence-corrected chi connectivity index (χ2v) is 7.93. The van der Waals surface area contributed by atoms with Crippen molar-refractivity contribution in [3.05, 3.63) is 64.8 Å². The van der Waals surface area contributed by atoms with Crippen LogP contribution in [0.5, 0.6) is 0 Å². The van der Waals surface area contributed by atoms with Crippen LogP contribution in [0.25, 0.3) is 10.9 Å². The van der Waals surface area contributed by atoms with Crippen molar-refractivity contribution in [2.75, 3.05) is 18.4 Å². The third kappa shape index (κ3) is 4.15. The lowest BCUT2D eigenvalue weighted by molar-refractivity contribution is -0.128. The fourth-order valence-electron chi connectivity index (χ4n) is 3.96. The number of para-hydroxylation sites is 1. The van der Waals surface area contributed by atoms with Crippen molar-refractivity contribution in [1.82, 2.24) is 9.88 Å². The average molecular weight is 410 g/mol. The normalized spacial score (nSPS) is 16.6. The maximum absolute atomic E-state index is 12.7. The number of hydrogen-bond acceptors (Lipinski definition) is 2. The molecule has 1 unspecified atom stereocenters. The van der Waals surface area contributed by atoms with E-state index in [2.05, 4.69) is 17.2 Å². The first-order valence-corrected chi connectivity index (χ1v) is 10.3. The van der Waals surface area contributed by atoms with Crippen LogP contribution in [0.3, 0.4) is 0 Å². The summed E-state index contributed by atoms with van der Waals surface area (Å²) in [6.07, 6.45) is 3.80. The smallest absolute Gasteiger partial charge is 0.229 e. The first-order chi connectivity index (χ1) is 14.0. The van der Waals surface area contributed by atoms with Gasteiger partial charge in [0.25, 0.3) is 0 Å². The first kappa shape index (κ1) is 19.5. The molecule has 0 bridgehead atoms. The van der Waals surface area contributed by atoms with Gasteiger partial charge in [-0.25, -0.2) is 0 Å². The topological polar surface area (TPSA) is 65.2 Å². The first-order valence-electron chi connectivity index (χ1n) is 9.97. The van der Waals surface area contributed by atoms with Crippen LogP contribution >= 0.6 is 11.6 Å². The summed E-state index contributed by atoms with van der Waals surface area (Å²) < 4.78 is 0. The summed E-state index contributed by atoms with van der Waals surface area (Å²) in [4.78, 5) is 30.2. The Morgan fingerprint density at radius 3 is 2.90 bits per heavy atom. The standard InChI is InChI=1S/C23H24ClN3O2/c1-2-15-5-3-4-6-20(15)26-23(29)17-11-22(28)27(14-17)10-9-16-13-25-21-8-7-18(24)12-19(16)21/h3-8,12-13,17,25H,2,9-11,14H2,1H3,(H,26,29). The summed E-state index contributed by atoms with van der Waals surface area (Å²) in [6, 6.07) is 13.5. The van der Waals surface area contributed by atoms with Crippen LogP contribution in [0, 0.1) is 5.92 Å². The van der Waals surface area contributed by atoms with Gasteiger partial charge in [0, 0.05) is 47.3 Å². The van der Waals surface area contributed by atoms with E-state index in [4.69, 9.17) is 11.6 Å². The molecule has 1 saturated heterocycles. The lowest BCUT2D eigenvalue weighted by Gasteiger charge is -2.17. The molecule has 5 nitrogen and oxygen atoms in total. The average Bonchev–Trinajstić information content (AvgIpc) is 3.29. The number of H-pyrrole nitrogens is 1. The second kappa shape index (κ2) is 8.29. The number of halogens is 1. The van der Waals surface area contributed by atoms with Crippen LogP contribution in [0.2, 0.25) is 5.02 Å². The Labute approximate surface area is 175 Å². The van der Waals surface area contributed by atoms with Crippen molar-refractivity contribution in [3.63, 3.8) is 0 Å². The molecule has 0 spiro atoms. The SMILES string of the molecule is CCc1ccccc1NC(=O)C1CC(=O)N(CCc2c[nH]c3ccc(Cl)cc23)C1. The van der Waals surface area contributed by atoms with E-state index in [1.54, 1.807) is 4.90 Å². The van der Waals surface area contributed by atoms with E-state index in [-0.39, 0.29) is 24.2 Å². The molecular weight excluding hydrogens is 386 g/mol. The van der Waals surface area contributed by atoms with Crippen LogP contribution in [0.15, 0.2) is 48.7 Å². The number of aryl methyl sites for hydroxylation is 1. The Kier molecular flexibility index (Phi) is 5.58. The number of aromatic nitrogens is 1. The van der Waals surface area contributed by atoms with Gasteiger partial charge >= 0.3 is 0 Å². The number of carbonyl (C=O) groups is 2. The highest BCUT2D eigenvalue weighted by molar-refractivity contribution is 6.31. The van der Waals surface area contributed by atoms with Crippen LogP contribution in [-0.2, 0) is 22.4 Å². The van der Waals surface area contributed by atoms with Gasteiger partial charge in [-0.1, -0.05) is 36.7 Å². The summed E-state index contributed by atoms with van der Waals surface area (Å²) >= 11 is 6.12. The van der Waals surface area contributed by atoms with E-state index >= 15 is 0 Å². The maximum Gasteiger partial charge on any atom is 0.229 e. The summed E-state index contributed by atoms with van der Waals surface area (Å²) in [5, 5.41) is 4.78. The molecule has 0 radical (unpaired) electrons. The van der Waals surface area contributed by atoms with Crippen molar-refractivity contribution in [2.24, 2.45) is 5.92 Å². The van der Waals surface area contributed by atoms with E-state index in [0.29, 0.717) is 18.1 Å². The van der Waals surface area contributed by atoms with Crippen molar-refractivity contribution >= 4 is 40.0 Å². The van der Waals surface area contributed by atoms with Crippen LogP contribution in [0.1, 0.15) is 24.5 Å². The number of nitrogens with zero attached hydrogens (tertiary/aromatic N) is 1. The lowest BCUT2D eigenvalue weighted by Crippen LogP contribution is -2.30. The number of amides is 2. The molecule has 29 heavy (non-hydrogen) atoms. The Balaban J connectivity index is 1.38. The molecule has 2 heterocycles.